The van der Waals surface area contributed by atoms with Crippen LogP contribution in [0, 0.1) is 0 Å². The van der Waals surface area contributed by atoms with Crippen LogP contribution < -0.4 is 4.74 Å². The lowest BCUT2D eigenvalue weighted by Gasteiger charge is -2.34. The summed E-state index contributed by atoms with van der Waals surface area (Å²) >= 11 is 0. The van der Waals surface area contributed by atoms with E-state index in [0.717, 1.165) is 12.2 Å². The first-order valence-electron chi connectivity index (χ1n) is 8.63. The third kappa shape index (κ3) is 2.71. The third-order valence-corrected chi connectivity index (χ3v) is 5.22. The monoisotopic (exact) mass is 314 g/mol. The molecule has 0 aliphatic heterocycles. The molecule has 0 heterocycles. The normalized spacial score (nSPS) is 19.5. The number of hydrogen-bond acceptors (Lipinski definition) is 1. The highest BCUT2D eigenvalue weighted by Gasteiger charge is 2.31. The topological polar surface area (TPSA) is 9.23 Å². The molecule has 0 radical (unpaired) electrons. The van der Waals surface area contributed by atoms with E-state index in [1.165, 1.54) is 28.7 Å². The summed E-state index contributed by atoms with van der Waals surface area (Å²) in [5.41, 5.74) is 5.78. The summed E-state index contributed by atoms with van der Waals surface area (Å²) in [5, 5.41) is 0. The fraction of sp³-hybridized carbons (Fsp3) is 0.217. The second-order valence-electron chi connectivity index (χ2n) is 6.51. The Hall–Kier alpha value is -2.54. The van der Waals surface area contributed by atoms with Crippen molar-refractivity contribution in [3.05, 3.63) is 101 Å². The molecule has 0 spiro atoms. The van der Waals surface area contributed by atoms with Gasteiger partial charge in [-0.2, -0.15) is 0 Å². The zero-order chi connectivity index (χ0) is 16.4. The Morgan fingerprint density at radius 1 is 0.750 bits per heavy atom. The minimum absolute atomic E-state index is 0.406. The van der Waals surface area contributed by atoms with E-state index in [0.29, 0.717) is 11.8 Å². The summed E-state index contributed by atoms with van der Waals surface area (Å²) in [6.07, 6.45) is 2.35. The molecule has 1 aliphatic carbocycles. The summed E-state index contributed by atoms with van der Waals surface area (Å²) in [5.74, 6) is 1.84. The maximum Gasteiger partial charge on any atom is 0.118 e. The van der Waals surface area contributed by atoms with Crippen LogP contribution in [-0.2, 0) is 6.42 Å². The van der Waals surface area contributed by atoms with Crippen molar-refractivity contribution in [3.8, 4) is 5.75 Å². The molecular weight excluding hydrogens is 292 g/mol. The molecule has 0 saturated heterocycles. The van der Waals surface area contributed by atoms with Gasteiger partial charge in [-0.1, -0.05) is 66.7 Å². The average Bonchev–Trinajstić information content (AvgIpc) is 2.68. The Balaban J connectivity index is 1.82. The van der Waals surface area contributed by atoms with Crippen molar-refractivity contribution >= 4 is 0 Å². The van der Waals surface area contributed by atoms with Crippen LogP contribution in [0.15, 0.2) is 78.9 Å². The van der Waals surface area contributed by atoms with Crippen molar-refractivity contribution in [1.82, 2.24) is 0 Å². The number of ether oxygens (including phenoxy) is 1. The van der Waals surface area contributed by atoms with Crippen LogP contribution in [0.3, 0.4) is 0 Å². The van der Waals surface area contributed by atoms with Gasteiger partial charge in [-0.15, -0.1) is 0 Å². The molecule has 0 N–H and O–H groups in total. The van der Waals surface area contributed by atoms with Gasteiger partial charge in [0.2, 0.25) is 0 Å². The number of benzene rings is 3. The summed E-state index contributed by atoms with van der Waals surface area (Å²) in [7, 11) is 1.72. The molecule has 1 nitrogen and oxygen atoms in total. The minimum Gasteiger partial charge on any atom is -0.497 e. The van der Waals surface area contributed by atoms with Crippen LogP contribution in [0.1, 0.15) is 40.5 Å². The van der Waals surface area contributed by atoms with Crippen LogP contribution in [-0.4, -0.2) is 7.11 Å². The van der Waals surface area contributed by atoms with E-state index in [1.54, 1.807) is 7.11 Å². The predicted octanol–water partition coefficient (Wildman–Crippen LogP) is 5.56. The Labute approximate surface area is 143 Å². The largest absolute Gasteiger partial charge is 0.497 e. The van der Waals surface area contributed by atoms with Gasteiger partial charge >= 0.3 is 0 Å². The molecule has 2 atom stereocenters. The predicted molar refractivity (Wildman–Crippen MR) is 98.8 cm³/mol. The molecule has 0 saturated carbocycles. The zero-order valence-electron chi connectivity index (χ0n) is 14.0. The second kappa shape index (κ2) is 6.52. The van der Waals surface area contributed by atoms with Crippen molar-refractivity contribution in [2.45, 2.75) is 24.7 Å². The maximum atomic E-state index is 5.34. The highest BCUT2D eigenvalue weighted by Crippen LogP contribution is 2.46. The SMILES string of the molecule is COc1ccc([C@H]2c3ccccc3CC[C@@H]2c2ccccc2)cc1. The van der Waals surface area contributed by atoms with Crippen molar-refractivity contribution in [1.29, 1.82) is 0 Å². The van der Waals surface area contributed by atoms with Crippen LogP contribution in [0.2, 0.25) is 0 Å². The highest BCUT2D eigenvalue weighted by molar-refractivity contribution is 5.45. The van der Waals surface area contributed by atoms with Gasteiger partial charge < -0.3 is 4.74 Å². The molecule has 4 rings (SSSR count). The van der Waals surface area contributed by atoms with E-state index in [1.807, 2.05) is 0 Å². The molecular formula is C23H22O. The molecule has 24 heavy (non-hydrogen) atoms. The van der Waals surface area contributed by atoms with Gasteiger partial charge in [-0.3, -0.25) is 0 Å². The lowest BCUT2D eigenvalue weighted by atomic mass is 9.69. The molecule has 0 aromatic heterocycles. The molecule has 3 aromatic carbocycles. The fourth-order valence-corrected chi connectivity index (χ4v) is 4.04. The number of aryl methyl sites for hydroxylation is 1. The molecule has 0 amide bonds. The van der Waals surface area contributed by atoms with Gasteiger partial charge in [0, 0.05) is 5.92 Å². The van der Waals surface area contributed by atoms with Gasteiger partial charge in [-0.05, 0) is 53.1 Å². The maximum absolute atomic E-state index is 5.34. The molecule has 3 aromatic rings. The molecule has 0 unspecified atom stereocenters. The first kappa shape index (κ1) is 15.0. The van der Waals surface area contributed by atoms with Gasteiger partial charge in [0.25, 0.3) is 0 Å². The van der Waals surface area contributed by atoms with E-state index in [2.05, 4.69) is 78.9 Å². The number of fused-ring (bicyclic) bond motifs is 1. The van der Waals surface area contributed by atoms with E-state index in [4.69, 9.17) is 4.74 Å². The zero-order valence-corrected chi connectivity index (χ0v) is 14.0. The Morgan fingerprint density at radius 3 is 2.21 bits per heavy atom. The molecule has 1 heteroatoms. The first-order chi connectivity index (χ1) is 11.9. The van der Waals surface area contributed by atoms with Crippen molar-refractivity contribution in [2.75, 3.05) is 7.11 Å². The molecule has 0 bridgehead atoms. The van der Waals surface area contributed by atoms with E-state index >= 15 is 0 Å². The quantitative estimate of drug-likeness (QED) is 0.615. The van der Waals surface area contributed by atoms with Crippen molar-refractivity contribution in [3.63, 3.8) is 0 Å². The van der Waals surface area contributed by atoms with Gasteiger partial charge in [-0.25, -0.2) is 0 Å². The van der Waals surface area contributed by atoms with Gasteiger partial charge in [0.1, 0.15) is 5.75 Å². The molecule has 120 valence electrons. The fourth-order valence-electron chi connectivity index (χ4n) is 4.04. The number of rotatable bonds is 3. The van der Waals surface area contributed by atoms with Crippen LogP contribution in [0.5, 0.6) is 5.75 Å². The summed E-state index contributed by atoms with van der Waals surface area (Å²) < 4.78 is 5.34. The van der Waals surface area contributed by atoms with E-state index < -0.39 is 0 Å². The average molecular weight is 314 g/mol. The lowest BCUT2D eigenvalue weighted by Crippen LogP contribution is -2.20. The summed E-state index contributed by atoms with van der Waals surface area (Å²) in [6.45, 7) is 0. The lowest BCUT2D eigenvalue weighted by molar-refractivity contribution is 0.414. The van der Waals surface area contributed by atoms with Crippen LogP contribution >= 0.6 is 0 Å². The van der Waals surface area contributed by atoms with Crippen molar-refractivity contribution < 1.29 is 4.74 Å². The Morgan fingerprint density at radius 2 is 1.46 bits per heavy atom. The van der Waals surface area contributed by atoms with Gasteiger partial charge in [0.05, 0.1) is 7.11 Å². The van der Waals surface area contributed by atoms with Gasteiger partial charge in [0.15, 0.2) is 0 Å². The van der Waals surface area contributed by atoms with Crippen LogP contribution in [0.4, 0.5) is 0 Å². The second-order valence-corrected chi connectivity index (χ2v) is 6.51. The number of methoxy groups -OCH3 is 1. The number of hydrogen-bond donors (Lipinski definition) is 0. The summed E-state index contributed by atoms with van der Waals surface area (Å²) in [6, 6.07) is 28.5. The molecule has 1 aliphatic rings. The van der Waals surface area contributed by atoms with Crippen LogP contribution in [0.25, 0.3) is 0 Å². The Kier molecular flexibility index (Phi) is 4.08. The third-order valence-electron chi connectivity index (χ3n) is 5.22. The van der Waals surface area contributed by atoms with E-state index in [-0.39, 0.29) is 0 Å². The molecule has 0 fully saturated rings. The Bertz CT molecular complexity index is 805. The smallest absolute Gasteiger partial charge is 0.118 e. The highest BCUT2D eigenvalue weighted by atomic mass is 16.5. The van der Waals surface area contributed by atoms with Crippen molar-refractivity contribution in [2.24, 2.45) is 0 Å². The van der Waals surface area contributed by atoms with E-state index in [9.17, 15) is 0 Å². The minimum atomic E-state index is 0.406. The standard InChI is InChI=1S/C23H22O/c1-24-20-14-11-19(12-15-20)23-21-10-6-5-9-18(21)13-16-22(23)17-7-3-2-4-8-17/h2-12,14-15,22-23H,13,16H2,1H3/t22-,23+/m1/s1. The summed E-state index contributed by atoms with van der Waals surface area (Å²) in [4.78, 5) is 0. The first-order valence-corrected chi connectivity index (χ1v) is 8.63.